The maximum absolute atomic E-state index is 11.8. The minimum Gasteiger partial charge on any atom is -0.312 e. The lowest BCUT2D eigenvalue weighted by molar-refractivity contribution is 0.0980. The zero-order chi connectivity index (χ0) is 12.2. The number of benzene rings is 1. The summed E-state index contributed by atoms with van der Waals surface area (Å²) in [6.45, 7) is 9.06. The largest absolute Gasteiger partial charge is 0.312 e. The Morgan fingerprint density at radius 3 is 2.25 bits per heavy atom. The molecule has 0 aliphatic carbocycles. The first-order chi connectivity index (χ1) is 7.38. The van der Waals surface area contributed by atoms with E-state index in [-0.39, 0.29) is 11.3 Å². The lowest BCUT2D eigenvalue weighted by Crippen LogP contribution is -2.37. The van der Waals surface area contributed by atoms with Crippen molar-refractivity contribution in [2.45, 2.75) is 39.7 Å². The van der Waals surface area contributed by atoms with Crippen LogP contribution in [0.25, 0.3) is 0 Å². The van der Waals surface area contributed by atoms with Crippen LogP contribution >= 0.6 is 0 Å². The fourth-order valence-electron chi connectivity index (χ4n) is 1.43. The van der Waals surface area contributed by atoms with Crippen molar-refractivity contribution in [2.75, 3.05) is 6.54 Å². The first-order valence-corrected chi connectivity index (χ1v) is 5.73. The summed E-state index contributed by atoms with van der Waals surface area (Å²) in [6, 6.07) is 7.75. The van der Waals surface area contributed by atoms with Gasteiger partial charge in [0, 0.05) is 24.1 Å². The number of carbonyl (C=O) groups excluding carboxylic acids is 1. The van der Waals surface area contributed by atoms with E-state index in [1.165, 1.54) is 5.56 Å². The molecule has 0 saturated carbocycles. The minimum atomic E-state index is 0.0769. The fourth-order valence-corrected chi connectivity index (χ4v) is 1.43. The van der Waals surface area contributed by atoms with Crippen LogP contribution < -0.4 is 5.32 Å². The van der Waals surface area contributed by atoms with Crippen LogP contribution in [0.4, 0.5) is 0 Å². The van der Waals surface area contributed by atoms with E-state index in [2.05, 4.69) is 26.1 Å². The lowest BCUT2D eigenvalue weighted by atomic mass is 10.1. The molecular formula is C14H21NO. The molecule has 0 bridgehead atoms. The molecule has 0 heterocycles. The standard InChI is InChI=1S/C14H21NO/c1-11-5-7-12(8-6-11)13(16)9-10-15-14(2,3)4/h5-8,15H,9-10H2,1-4H3. The Morgan fingerprint density at radius 2 is 1.75 bits per heavy atom. The van der Waals surface area contributed by atoms with Gasteiger partial charge < -0.3 is 5.32 Å². The third-order valence-electron chi connectivity index (χ3n) is 2.38. The second kappa shape index (κ2) is 5.26. The molecule has 88 valence electrons. The van der Waals surface area contributed by atoms with Gasteiger partial charge in [-0.1, -0.05) is 29.8 Å². The molecule has 16 heavy (non-hydrogen) atoms. The molecule has 0 saturated heterocycles. The van der Waals surface area contributed by atoms with Crippen LogP contribution in [-0.4, -0.2) is 17.9 Å². The van der Waals surface area contributed by atoms with Gasteiger partial charge in [-0.2, -0.15) is 0 Å². The van der Waals surface area contributed by atoms with Gasteiger partial charge in [-0.05, 0) is 27.7 Å². The van der Waals surface area contributed by atoms with Crippen molar-refractivity contribution in [1.82, 2.24) is 5.32 Å². The van der Waals surface area contributed by atoms with Crippen LogP contribution in [0.2, 0.25) is 0 Å². The van der Waals surface area contributed by atoms with Gasteiger partial charge in [-0.15, -0.1) is 0 Å². The summed E-state index contributed by atoms with van der Waals surface area (Å²) >= 11 is 0. The maximum Gasteiger partial charge on any atom is 0.164 e. The van der Waals surface area contributed by atoms with Crippen LogP contribution in [-0.2, 0) is 0 Å². The Kier molecular flexibility index (Phi) is 4.25. The van der Waals surface area contributed by atoms with Crippen LogP contribution in [0.15, 0.2) is 24.3 Å². The van der Waals surface area contributed by atoms with Gasteiger partial charge in [-0.3, -0.25) is 4.79 Å². The molecule has 0 amide bonds. The summed E-state index contributed by atoms with van der Waals surface area (Å²) in [5.41, 5.74) is 2.07. The molecule has 0 radical (unpaired) electrons. The highest BCUT2D eigenvalue weighted by Crippen LogP contribution is 2.06. The van der Waals surface area contributed by atoms with Gasteiger partial charge in [0.15, 0.2) is 5.78 Å². The number of hydrogen-bond donors (Lipinski definition) is 1. The predicted octanol–water partition coefficient (Wildman–Crippen LogP) is 2.96. The first kappa shape index (κ1) is 12.9. The third kappa shape index (κ3) is 4.58. The number of ketones is 1. The van der Waals surface area contributed by atoms with Gasteiger partial charge >= 0.3 is 0 Å². The topological polar surface area (TPSA) is 29.1 Å². The van der Waals surface area contributed by atoms with Crippen LogP contribution in [0.5, 0.6) is 0 Å². The van der Waals surface area contributed by atoms with Crippen molar-refractivity contribution >= 4 is 5.78 Å². The highest BCUT2D eigenvalue weighted by molar-refractivity contribution is 5.96. The van der Waals surface area contributed by atoms with E-state index >= 15 is 0 Å². The van der Waals surface area contributed by atoms with E-state index in [1.54, 1.807) is 0 Å². The van der Waals surface area contributed by atoms with E-state index in [0.29, 0.717) is 6.42 Å². The molecule has 0 aliphatic rings. The zero-order valence-corrected chi connectivity index (χ0v) is 10.6. The fraction of sp³-hybridized carbons (Fsp3) is 0.500. The van der Waals surface area contributed by atoms with Gasteiger partial charge in [0.05, 0.1) is 0 Å². The van der Waals surface area contributed by atoms with E-state index < -0.39 is 0 Å². The van der Waals surface area contributed by atoms with Crippen LogP contribution in [0.3, 0.4) is 0 Å². The van der Waals surface area contributed by atoms with Crippen molar-refractivity contribution in [3.05, 3.63) is 35.4 Å². The highest BCUT2D eigenvalue weighted by Gasteiger charge is 2.10. The highest BCUT2D eigenvalue weighted by atomic mass is 16.1. The van der Waals surface area contributed by atoms with Gasteiger partial charge in [0.1, 0.15) is 0 Å². The SMILES string of the molecule is Cc1ccc(C(=O)CCNC(C)(C)C)cc1. The Morgan fingerprint density at radius 1 is 1.19 bits per heavy atom. The molecule has 0 spiro atoms. The molecule has 0 atom stereocenters. The molecule has 0 fully saturated rings. The number of rotatable bonds is 4. The summed E-state index contributed by atoms with van der Waals surface area (Å²) in [5.74, 6) is 0.205. The third-order valence-corrected chi connectivity index (χ3v) is 2.38. The smallest absolute Gasteiger partial charge is 0.164 e. The monoisotopic (exact) mass is 219 g/mol. The summed E-state index contributed by atoms with van der Waals surface area (Å²) in [7, 11) is 0. The van der Waals surface area contributed by atoms with Crippen molar-refractivity contribution in [2.24, 2.45) is 0 Å². The quantitative estimate of drug-likeness (QED) is 0.789. The Hall–Kier alpha value is -1.15. The van der Waals surface area contributed by atoms with Gasteiger partial charge in [0.2, 0.25) is 0 Å². The molecule has 0 unspecified atom stereocenters. The lowest BCUT2D eigenvalue weighted by Gasteiger charge is -2.20. The number of aryl methyl sites for hydroxylation is 1. The van der Waals surface area contributed by atoms with Crippen LogP contribution in [0, 0.1) is 6.92 Å². The predicted molar refractivity (Wildman–Crippen MR) is 67.9 cm³/mol. The zero-order valence-electron chi connectivity index (χ0n) is 10.6. The summed E-state index contributed by atoms with van der Waals surface area (Å²) in [5, 5.41) is 3.31. The Bertz CT molecular complexity index is 346. The Labute approximate surface area is 98.1 Å². The molecule has 1 rings (SSSR count). The van der Waals surface area contributed by atoms with Gasteiger partial charge in [0.25, 0.3) is 0 Å². The summed E-state index contributed by atoms with van der Waals surface area (Å²) in [6.07, 6.45) is 0.556. The molecule has 2 heteroatoms. The molecule has 2 nitrogen and oxygen atoms in total. The molecule has 1 N–H and O–H groups in total. The minimum absolute atomic E-state index is 0.0769. The van der Waals surface area contributed by atoms with E-state index in [1.807, 2.05) is 31.2 Å². The second-order valence-electron chi connectivity index (χ2n) is 5.22. The van der Waals surface area contributed by atoms with Crippen LogP contribution in [0.1, 0.15) is 43.1 Å². The van der Waals surface area contributed by atoms with E-state index in [9.17, 15) is 4.79 Å². The number of hydrogen-bond acceptors (Lipinski definition) is 2. The average Bonchev–Trinajstić information content (AvgIpc) is 2.16. The summed E-state index contributed by atoms with van der Waals surface area (Å²) in [4.78, 5) is 11.8. The second-order valence-corrected chi connectivity index (χ2v) is 5.22. The average molecular weight is 219 g/mol. The number of carbonyl (C=O) groups is 1. The normalized spacial score (nSPS) is 11.5. The molecule has 0 aromatic heterocycles. The molecular weight excluding hydrogens is 198 g/mol. The Balaban J connectivity index is 2.44. The molecule has 1 aromatic rings. The van der Waals surface area contributed by atoms with Crippen molar-refractivity contribution in [1.29, 1.82) is 0 Å². The maximum atomic E-state index is 11.8. The number of nitrogens with one attached hydrogen (secondary N) is 1. The van der Waals surface area contributed by atoms with Crippen molar-refractivity contribution in [3.63, 3.8) is 0 Å². The number of Topliss-reactive ketones (excluding diaryl/α,β-unsaturated/α-hetero) is 1. The molecule has 0 aliphatic heterocycles. The van der Waals surface area contributed by atoms with E-state index in [0.717, 1.165) is 12.1 Å². The molecule has 1 aromatic carbocycles. The van der Waals surface area contributed by atoms with E-state index in [4.69, 9.17) is 0 Å². The summed E-state index contributed by atoms with van der Waals surface area (Å²) < 4.78 is 0. The van der Waals surface area contributed by atoms with Gasteiger partial charge in [-0.25, -0.2) is 0 Å². The first-order valence-electron chi connectivity index (χ1n) is 5.73. The van der Waals surface area contributed by atoms with Crippen molar-refractivity contribution in [3.8, 4) is 0 Å². The van der Waals surface area contributed by atoms with Crippen molar-refractivity contribution < 1.29 is 4.79 Å².